The summed E-state index contributed by atoms with van der Waals surface area (Å²) in [6, 6.07) is 6.39. The Morgan fingerprint density at radius 1 is 1.13 bits per heavy atom. The summed E-state index contributed by atoms with van der Waals surface area (Å²) < 4.78 is 32.6. The Labute approximate surface area is 223 Å². The van der Waals surface area contributed by atoms with Crippen LogP contribution >= 0.6 is 11.6 Å². The highest BCUT2D eigenvalue weighted by Crippen LogP contribution is 2.56. The summed E-state index contributed by atoms with van der Waals surface area (Å²) in [6.45, 7) is 1.66. The van der Waals surface area contributed by atoms with Gasteiger partial charge in [-0.15, -0.1) is 0 Å². The van der Waals surface area contributed by atoms with Gasteiger partial charge in [-0.3, -0.25) is 14.4 Å². The van der Waals surface area contributed by atoms with Gasteiger partial charge in [0.2, 0.25) is 18.2 Å². The van der Waals surface area contributed by atoms with Crippen LogP contribution in [0.4, 0.5) is 0 Å². The molecule has 2 heterocycles. The molecule has 0 radical (unpaired) electrons. The van der Waals surface area contributed by atoms with E-state index in [-0.39, 0.29) is 53.0 Å². The van der Waals surface area contributed by atoms with Gasteiger partial charge in [0.1, 0.15) is 22.1 Å². The molecule has 0 aromatic heterocycles. The molecule has 1 spiro atoms. The van der Waals surface area contributed by atoms with Crippen LogP contribution in [0.15, 0.2) is 35.6 Å². The summed E-state index contributed by atoms with van der Waals surface area (Å²) in [4.78, 5) is 40.0. The van der Waals surface area contributed by atoms with Gasteiger partial charge in [0, 0.05) is 29.9 Å². The Hall–Kier alpha value is -3.92. The van der Waals surface area contributed by atoms with Crippen LogP contribution in [0, 0.1) is 5.92 Å². The third-order valence-electron chi connectivity index (χ3n) is 7.26. The number of methoxy groups -OCH3 is 3. The fourth-order valence-electron chi connectivity index (χ4n) is 5.30. The normalized spacial score (nSPS) is 22.3. The van der Waals surface area contributed by atoms with E-state index in [4.69, 9.17) is 40.0 Å². The molecule has 2 aromatic carbocycles. The molecule has 200 valence electrons. The highest BCUT2D eigenvalue weighted by Gasteiger charge is 2.61. The maximum atomic E-state index is 14.0. The molecule has 11 heteroatoms. The second-order valence-corrected chi connectivity index (χ2v) is 9.58. The van der Waals surface area contributed by atoms with Gasteiger partial charge < -0.3 is 33.5 Å². The van der Waals surface area contributed by atoms with Crippen LogP contribution in [0.5, 0.6) is 28.7 Å². The molecule has 0 fully saturated rings. The summed E-state index contributed by atoms with van der Waals surface area (Å²) in [5, 5.41) is 11.8. The number of esters is 1. The third-order valence-corrected chi connectivity index (χ3v) is 7.62. The van der Waals surface area contributed by atoms with Gasteiger partial charge in [0.15, 0.2) is 28.8 Å². The number of aliphatic hydroxyl groups is 1. The largest absolute Gasteiger partial charge is 0.507 e. The fourth-order valence-corrected chi connectivity index (χ4v) is 5.57. The molecule has 3 atom stereocenters. The molecule has 1 N–H and O–H groups in total. The number of carbonyl (C=O) groups is 3. The number of Topliss-reactive ketones (excluding diaryl/α,β-unsaturated/α-hetero) is 2. The topological polar surface area (TPSA) is 127 Å². The first-order valence-corrected chi connectivity index (χ1v) is 12.2. The van der Waals surface area contributed by atoms with Crippen molar-refractivity contribution in [2.24, 2.45) is 5.92 Å². The molecule has 3 aliphatic rings. The third kappa shape index (κ3) is 3.65. The van der Waals surface area contributed by atoms with Gasteiger partial charge in [0.25, 0.3) is 0 Å². The number of benzene rings is 2. The SMILES string of the molecule is COC(=O)CC(C1=C(O)[C@@]2(Oc3c(Cl)c(OC)cc(OC)c3C2=O)[C@H](C)CC1=O)c1ccc2c(c1)OCO2. The zero-order valence-electron chi connectivity index (χ0n) is 21.1. The number of ether oxygens (including phenoxy) is 6. The molecule has 1 aliphatic carbocycles. The zero-order chi connectivity index (χ0) is 27.4. The first-order chi connectivity index (χ1) is 18.2. The molecule has 1 unspecified atom stereocenters. The van der Waals surface area contributed by atoms with E-state index in [1.807, 2.05) is 0 Å². The van der Waals surface area contributed by atoms with Crippen molar-refractivity contribution in [1.29, 1.82) is 0 Å². The number of hydrogen-bond acceptors (Lipinski definition) is 10. The number of rotatable bonds is 6. The average molecular weight is 545 g/mol. The first kappa shape index (κ1) is 25.7. The van der Waals surface area contributed by atoms with Crippen molar-refractivity contribution in [1.82, 2.24) is 0 Å². The van der Waals surface area contributed by atoms with Crippen LogP contribution < -0.4 is 23.7 Å². The standard InChI is InChI=1S/C27H25ClO10/c1-12-7-15(29)21(14(9-20(30)35-4)13-5-6-16-17(8-13)37-11-36-16)25(31)27(12)26(32)22-18(33-2)10-19(34-3)23(28)24(22)38-27/h5-6,8,10,12,14,31H,7,9,11H2,1-4H3/t12-,14?,27+/m1/s1. The molecule has 5 rings (SSSR count). The van der Waals surface area contributed by atoms with Crippen LogP contribution in [0.2, 0.25) is 5.02 Å². The number of aliphatic hydroxyl groups excluding tert-OH is 1. The van der Waals surface area contributed by atoms with Crippen LogP contribution in [-0.2, 0) is 14.3 Å². The van der Waals surface area contributed by atoms with Gasteiger partial charge in [-0.2, -0.15) is 0 Å². The van der Waals surface area contributed by atoms with Gasteiger partial charge in [-0.1, -0.05) is 24.6 Å². The summed E-state index contributed by atoms with van der Waals surface area (Å²) in [6.07, 6.45) is -0.427. The predicted octanol–water partition coefficient (Wildman–Crippen LogP) is 4.17. The van der Waals surface area contributed by atoms with E-state index in [1.54, 1.807) is 25.1 Å². The zero-order valence-corrected chi connectivity index (χ0v) is 21.8. The minimum absolute atomic E-state index is 0.0208. The maximum absolute atomic E-state index is 14.0. The van der Waals surface area contributed by atoms with E-state index >= 15 is 0 Å². The second-order valence-electron chi connectivity index (χ2n) is 9.20. The fraction of sp³-hybridized carbons (Fsp3) is 0.370. The number of ketones is 2. The monoisotopic (exact) mass is 544 g/mol. The summed E-state index contributed by atoms with van der Waals surface area (Å²) in [5.41, 5.74) is -1.59. The molecule has 0 amide bonds. The van der Waals surface area contributed by atoms with Crippen molar-refractivity contribution in [3.05, 3.63) is 51.7 Å². The van der Waals surface area contributed by atoms with Crippen LogP contribution in [-0.4, -0.2) is 56.4 Å². The molecule has 0 saturated heterocycles. The number of fused-ring (bicyclic) bond motifs is 2. The number of allylic oxidation sites excluding steroid dienone is 1. The van der Waals surface area contributed by atoms with Gasteiger partial charge in [-0.05, 0) is 17.7 Å². The summed E-state index contributed by atoms with van der Waals surface area (Å²) >= 11 is 6.50. The van der Waals surface area contributed by atoms with Crippen molar-refractivity contribution < 1.29 is 47.9 Å². The minimum atomic E-state index is -1.97. The van der Waals surface area contributed by atoms with Crippen molar-refractivity contribution in [3.8, 4) is 28.7 Å². The number of halogens is 1. The molecule has 38 heavy (non-hydrogen) atoms. The van der Waals surface area contributed by atoms with E-state index in [2.05, 4.69) is 0 Å². The van der Waals surface area contributed by atoms with Crippen LogP contribution in [0.1, 0.15) is 41.6 Å². The minimum Gasteiger partial charge on any atom is -0.507 e. The van der Waals surface area contributed by atoms with E-state index in [0.29, 0.717) is 17.1 Å². The highest BCUT2D eigenvalue weighted by atomic mass is 35.5. The van der Waals surface area contributed by atoms with Crippen molar-refractivity contribution >= 4 is 29.1 Å². The Balaban J connectivity index is 1.71. The molecule has 0 bridgehead atoms. The first-order valence-electron chi connectivity index (χ1n) is 11.8. The number of hydrogen-bond donors (Lipinski definition) is 1. The Morgan fingerprint density at radius 2 is 1.84 bits per heavy atom. The predicted molar refractivity (Wildman–Crippen MR) is 133 cm³/mol. The molecule has 2 aliphatic heterocycles. The quantitative estimate of drug-likeness (QED) is 0.529. The lowest BCUT2D eigenvalue weighted by Gasteiger charge is -2.38. The van der Waals surface area contributed by atoms with E-state index in [0.717, 1.165) is 0 Å². The van der Waals surface area contributed by atoms with Crippen molar-refractivity contribution in [2.45, 2.75) is 31.3 Å². The second kappa shape index (κ2) is 9.43. The maximum Gasteiger partial charge on any atom is 0.306 e. The number of carbonyl (C=O) groups excluding carboxylic acids is 3. The van der Waals surface area contributed by atoms with Crippen LogP contribution in [0.3, 0.4) is 0 Å². The van der Waals surface area contributed by atoms with Gasteiger partial charge in [-0.25, -0.2) is 0 Å². The highest BCUT2D eigenvalue weighted by molar-refractivity contribution is 6.35. The van der Waals surface area contributed by atoms with E-state index < -0.39 is 40.7 Å². The average Bonchev–Trinajstić information content (AvgIpc) is 3.50. The molecule has 10 nitrogen and oxygen atoms in total. The van der Waals surface area contributed by atoms with E-state index in [9.17, 15) is 19.5 Å². The van der Waals surface area contributed by atoms with Crippen LogP contribution in [0.25, 0.3) is 0 Å². The lowest BCUT2D eigenvalue weighted by molar-refractivity contribution is -0.140. The smallest absolute Gasteiger partial charge is 0.306 e. The lowest BCUT2D eigenvalue weighted by Crippen LogP contribution is -2.53. The van der Waals surface area contributed by atoms with E-state index in [1.165, 1.54) is 27.4 Å². The van der Waals surface area contributed by atoms with Gasteiger partial charge in [0.05, 0.1) is 27.8 Å². The Morgan fingerprint density at radius 3 is 2.53 bits per heavy atom. The summed E-state index contributed by atoms with van der Waals surface area (Å²) in [7, 11) is 4.00. The summed E-state index contributed by atoms with van der Waals surface area (Å²) in [5.74, 6) is -2.76. The molecular formula is C27H25ClO10. The Bertz CT molecular complexity index is 1400. The lowest BCUT2D eigenvalue weighted by atomic mass is 9.69. The molecular weight excluding hydrogens is 520 g/mol. The Kier molecular flexibility index (Phi) is 6.38. The molecule has 2 aromatic rings. The van der Waals surface area contributed by atoms with Crippen molar-refractivity contribution in [2.75, 3.05) is 28.1 Å². The van der Waals surface area contributed by atoms with Gasteiger partial charge >= 0.3 is 5.97 Å². The van der Waals surface area contributed by atoms with Crippen molar-refractivity contribution in [3.63, 3.8) is 0 Å². The molecule has 0 saturated carbocycles.